The number of benzene rings is 1. The van der Waals surface area contributed by atoms with Crippen molar-refractivity contribution in [3.63, 3.8) is 0 Å². The molecule has 0 spiro atoms. The summed E-state index contributed by atoms with van der Waals surface area (Å²) in [4.78, 5) is 12.5. The van der Waals surface area contributed by atoms with Crippen molar-refractivity contribution in [2.75, 3.05) is 13.1 Å². The zero-order valence-corrected chi connectivity index (χ0v) is 16.1. The third kappa shape index (κ3) is 4.03. The molecule has 0 bridgehead atoms. The molecule has 1 aromatic carbocycles. The number of amides is 1. The highest BCUT2D eigenvalue weighted by Crippen LogP contribution is 2.27. The number of carbonyl (C=O) groups is 1. The summed E-state index contributed by atoms with van der Waals surface area (Å²) in [6, 6.07) is 6.27. The van der Waals surface area contributed by atoms with Crippen molar-refractivity contribution in [1.82, 2.24) is 14.8 Å². The van der Waals surface area contributed by atoms with Gasteiger partial charge >= 0.3 is 0 Å². The zero-order valence-electron chi connectivity index (χ0n) is 15.2. The number of rotatable bonds is 5. The largest absolute Gasteiger partial charge is 0.360 e. The molecule has 0 saturated carbocycles. The zero-order chi connectivity index (χ0) is 19.6. The molecule has 1 fully saturated rings. The Kier molecular flexibility index (Phi) is 5.61. The van der Waals surface area contributed by atoms with E-state index in [2.05, 4.69) is 10.5 Å². The van der Waals surface area contributed by atoms with E-state index in [0.29, 0.717) is 24.1 Å². The van der Waals surface area contributed by atoms with Gasteiger partial charge in [-0.05, 0) is 32.8 Å². The van der Waals surface area contributed by atoms with Crippen LogP contribution < -0.4 is 5.32 Å². The Morgan fingerprint density at radius 2 is 1.96 bits per heavy atom. The number of halogens is 1. The van der Waals surface area contributed by atoms with Crippen LogP contribution in [0.25, 0.3) is 0 Å². The average Bonchev–Trinajstić information content (AvgIpc) is 3.00. The van der Waals surface area contributed by atoms with E-state index in [4.69, 9.17) is 4.52 Å². The first-order valence-electron chi connectivity index (χ1n) is 8.75. The molecule has 146 valence electrons. The molecule has 9 heteroatoms. The third-order valence-corrected chi connectivity index (χ3v) is 6.95. The van der Waals surface area contributed by atoms with Crippen LogP contribution in [0.5, 0.6) is 0 Å². The van der Waals surface area contributed by atoms with Gasteiger partial charge in [-0.2, -0.15) is 4.31 Å². The number of carbonyl (C=O) groups excluding carboxylic acids is 1. The van der Waals surface area contributed by atoms with Crippen molar-refractivity contribution < 1.29 is 22.1 Å². The van der Waals surface area contributed by atoms with Crippen LogP contribution in [-0.4, -0.2) is 36.9 Å². The summed E-state index contributed by atoms with van der Waals surface area (Å²) in [6.07, 6.45) is 0.817. The molecule has 0 aliphatic carbocycles. The molecule has 2 heterocycles. The van der Waals surface area contributed by atoms with Crippen LogP contribution in [0.2, 0.25) is 0 Å². The summed E-state index contributed by atoms with van der Waals surface area (Å²) in [5.41, 5.74) is 0.751. The van der Waals surface area contributed by atoms with Gasteiger partial charge in [-0.1, -0.05) is 23.4 Å². The van der Waals surface area contributed by atoms with Crippen molar-refractivity contribution in [2.45, 2.75) is 38.1 Å². The fraction of sp³-hybridized carbons (Fsp3) is 0.444. The van der Waals surface area contributed by atoms with Gasteiger partial charge in [-0.25, -0.2) is 12.8 Å². The molecule has 2 aromatic rings. The van der Waals surface area contributed by atoms with Crippen LogP contribution in [0.1, 0.15) is 29.9 Å². The van der Waals surface area contributed by atoms with Crippen LogP contribution >= 0.6 is 0 Å². The molecule has 0 unspecified atom stereocenters. The van der Waals surface area contributed by atoms with Crippen LogP contribution in [0, 0.1) is 25.6 Å². The predicted octanol–water partition coefficient (Wildman–Crippen LogP) is 2.15. The van der Waals surface area contributed by atoms with E-state index in [-0.39, 0.29) is 47.9 Å². The van der Waals surface area contributed by atoms with Crippen molar-refractivity contribution in [1.29, 1.82) is 0 Å². The summed E-state index contributed by atoms with van der Waals surface area (Å²) in [5, 5.41) is 6.44. The van der Waals surface area contributed by atoms with Crippen LogP contribution in [0.3, 0.4) is 0 Å². The fourth-order valence-corrected chi connectivity index (χ4v) is 5.06. The van der Waals surface area contributed by atoms with E-state index in [1.54, 1.807) is 32.0 Å². The molecule has 3 rings (SSSR count). The highest BCUT2D eigenvalue weighted by molar-refractivity contribution is 7.89. The Morgan fingerprint density at radius 3 is 2.56 bits per heavy atom. The third-order valence-electron chi connectivity index (χ3n) is 4.80. The Labute approximate surface area is 157 Å². The van der Waals surface area contributed by atoms with Gasteiger partial charge in [0.25, 0.3) is 0 Å². The lowest BCUT2D eigenvalue weighted by Gasteiger charge is -2.30. The van der Waals surface area contributed by atoms with Gasteiger partial charge in [-0.15, -0.1) is 0 Å². The normalized spacial score (nSPS) is 16.4. The van der Waals surface area contributed by atoms with Gasteiger partial charge in [0.1, 0.15) is 16.4 Å². The van der Waals surface area contributed by atoms with Gasteiger partial charge in [0, 0.05) is 31.1 Å². The topological polar surface area (TPSA) is 92.5 Å². The predicted molar refractivity (Wildman–Crippen MR) is 95.7 cm³/mol. The number of nitrogens with one attached hydrogen (secondary N) is 1. The minimum atomic E-state index is -3.69. The Morgan fingerprint density at radius 1 is 1.30 bits per heavy atom. The number of sulfonamides is 1. The smallest absolute Gasteiger partial charge is 0.248 e. The maximum absolute atomic E-state index is 13.6. The molecule has 1 aliphatic heterocycles. The molecule has 1 aromatic heterocycles. The van der Waals surface area contributed by atoms with Gasteiger partial charge in [0.05, 0.1) is 0 Å². The molecule has 7 nitrogen and oxygen atoms in total. The number of nitrogens with zero attached hydrogens (tertiary/aromatic N) is 2. The lowest BCUT2D eigenvalue weighted by Crippen LogP contribution is -2.43. The molecule has 1 N–H and O–H groups in total. The highest BCUT2D eigenvalue weighted by Gasteiger charge is 2.35. The van der Waals surface area contributed by atoms with E-state index in [0.717, 1.165) is 0 Å². The standard InChI is InChI=1S/C18H22FN3O4S/c1-12-17(13(2)26-21-12)27(24,25)22-9-7-14(8-10-22)18(23)20-11-15-5-3-4-6-16(15)19/h3-6,14H,7-11H2,1-2H3,(H,20,23). The second-order valence-electron chi connectivity index (χ2n) is 6.64. The van der Waals surface area contributed by atoms with E-state index in [1.807, 2.05) is 0 Å². The lowest BCUT2D eigenvalue weighted by atomic mass is 9.97. The molecule has 0 atom stereocenters. The Balaban J connectivity index is 1.58. The summed E-state index contributed by atoms with van der Waals surface area (Å²) < 4.78 is 45.6. The summed E-state index contributed by atoms with van der Waals surface area (Å²) >= 11 is 0. The van der Waals surface area contributed by atoms with Gasteiger partial charge in [0.15, 0.2) is 5.76 Å². The number of piperidine rings is 1. The highest BCUT2D eigenvalue weighted by atomic mass is 32.2. The maximum atomic E-state index is 13.6. The first kappa shape index (κ1) is 19.5. The van der Waals surface area contributed by atoms with Crippen molar-refractivity contribution >= 4 is 15.9 Å². The van der Waals surface area contributed by atoms with Crippen molar-refractivity contribution in [2.24, 2.45) is 5.92 Å². The van der Waals surface area contributed by atoms with E-state index >= 15 is 0 Å². The second-order valence-corrected chi connectivity index (χ2v) is 8.52. The average molecular weight is 395 g/mol. The minimum absolute atomic E-state index is 0.102. The quantitative estimate of drug-likeness (QED) is 0.837. The molecule has 1 amide bonds. The minimum Gasteiger partial charge on any atom is -0.360 e. The molecule has 0 radical (unpaired) electrons. The number of hydrogen-bond donors (Lipinski definition) is 1. The molecule has 1 saturated heterocycles. The van der Waals surface area contributed by atoms with Crippen molar-refractivity contribution in [3.05, 3.63) is 47.1 Å². The maximum Gasteiger partial charge on any atom is 0.248 e. The number of aryl methyl sites for hydroxylation is 2. The SMILES string of the molecule is Cc1noc(C)c1S(=O)(=O)N1CCC(C(=O)NCc2ccccc2F)CC1. The number of hydrogen-bond acceptors (Lipinski definition) is 5. The lowest BCUT2D eigenvalue weighted by molar-refractivity contribution is -0.126. The number of aromatic nitrogens is 1. The molecular formula is C18H22FN3O4S. The second kappa shape index (κ2) is 7.77. The van der Waals surface area contributed by atoms with Crippen LogP contribution in [0.4, 0.5) is 4.39 Å². The Bertz CT molecular complexity index is 914. The van der Waals surface area contributed by atoms with E-state index in [9.17, 15) is 17.6 Å². The summed E-state index contributed by atoms with van der Waals surface area (Å²) in [5.74, 6) is -0.587. The molecular weight excluding hydrogens is 373 g/mol. The van der Waals surface area contributed by atoms with E-state index < -0.39 is 10.0 Å². The Hall–Kier alpha value is -2.26. The fourth-order valence-electron chi connectivity index (χ4n) is 3.30. The van der Waals surface area contributed by atoms with Gasteiger partial charge in [0.2, 0.25) is 15.9 Å². The van der Waals surface area contributed by atoms with E-state index in [1.165, 1.54) is 10.4 Å². The van der Waals surface area contributed by atoms with Crippen LogP contribution in [-0.2, 0) is 21.4 Å². The van der Waals surface area contributed by atoms with Gasteiger partial charge < -0.3 is 9.84 Å². The first-order valence-corrected chi connectivity index (χ1v) is 10.2. The van der Waals surface area contributed by atoms with Crippen molar-refractivity contribution in [3.8, 4) is 0 Å². The first-order chi connectivity index (χ1) is 12.8. The molecule has 1 aliphatic rings. The molecule has 27 heavy (non-hydrogen) atoms. The van der Waals surface area contributed by atoms with Gasteiger partial charge in [-0.3, -0.25) is 4.79 Å². The van der Waals surface area contributed by atoms with Crippen LogP contribution in [0.15, 0.2) is 33.7 Å². The summed E-state index contributed by atoms with van der Waals surface area (Å²) in [6.45, 7) is 3.75. The monoisotopic (exact) mass is 395 g/mol. The summed E-state index contributed by atoms with van der Waals surface area (Å²) in [7, 11) is -3.69.